The molecule has 0 aliphatic rings. The highest BCUT2D eigenvalue weighted by atomic mass is 79.9. The summed E-state index contributed by atoms with van der Waals surface area (Å²) in [6, 6.07) is 29.2. The Kier molecular flexibility index (Phi) is 9.85. The zero-order chi connectivity index (χ0) is 27.6. The van der Waals surface area contributed by atoms with Crippen molar-refractivity contribution < 1.29 is 14.7 Å². The third kappa shape index (κ3) is 8.51. The fourth-order valence-corrected chi connectivity index (χ4v) is 4.77. The van der Waals surface area contributed by atoms with E-state index in [4.69, 9.17) is 0 Å². The van der Waals surface area contributed by atoms with Crippen molar-refractivity contribution in [2.75, 3.05) is 5.32 Å². The normalized spacial score (nSPS) is 11.7. The van der Waals surface area contributed by atoms with Crippen molar-refractivity contribution in [3.63, 3.8) is 0 Å². The van der Waals surface area contributed by atoms with Crippen molar-refractivity contribution in [1.82, 2.24) is 10.9 Å². The van der Waals surface area contributed by atoms with Crippen LogP contribution in [0.3, 0.4) is 0 Å². The zero-order valence-electron chi connectivity index (χ0n) is 21.0. The number of aromatic hydroxyl groups is 1. The minimum Gasteiger partial charge on any atom is -0.508 e. The number of hydrogen-bond acceptors (Lipinski definition) is 7. The number of phenolic OH excluding ortho intramolecular Hbond substituents is 1. The first-order valence-electron chi connectivity index (χ1n) is 12.0. The average Bonchev–Trinajstić information content (AvgIpc) is 2.93. The Hall–Kier alpha value is -3.99. The molecule has 8 nitrogen and oxygen atoms in total. The number of hydrogen-bond donors (Lipinski definition) is 4. The van der Waals surface area contributed by atoms with Crippen LogP contribution in [-0.4, -0.2) is 16.9 Å². The maximum Gasteiger partial charge on any atom is 0.243 e. The fraction of sp³-hybridized carbons (Fsp3) is 0.103. The molecule has 0 aliphatic carbocycles. The van der Waals surface area contributed by atoms with E-state index in [0.717, 1.165) is 14.9 Å². The van der Waals surface area contributed by atoms with E-state index in [2.05, 4.69) is 42.3 Å². The van der Waals surface area contributed by atoms with E-state index in [9.17, 15) is 14.7 Å². The van der Waals surface area contributed by atoms with Gasteiger partial charge in [0, 0.05) is 20.6 Å². The van der Waals surface area contributed by atoms with Crippen LogP contribution in [0.25, 0.3) is 0 Å². The first kappa shape index (κ1) is 28.0. The molecule has 10 heteroatoms. The molecule has 0 spiro atoms. The number of phenols is 1. The van der Waals surface area contributed by atoms with Gasteiger partial charge in [0.05, 0.1) is 11.4 Å². The number of anilines is 1. The Labute approximate surface area is 239 Å². The molecule has 0 saturated heterocycles. The van der Waals surface area contributed by atoms with Gasteiger partial charge in [-0.15, -0.1) is 11.8 Å². The third-order valence-electron chi connectivity index (χ3n) is 5.48. The molecule has 0 unspecified atom stereocenters. The Morgan fingerprint density at radius 2 is 1.54 bits per heavy atom. The number of thioether (sulfide) groups is 1. The number of carbonyl (C=O) groups excluding carboxylic acids is 2. The number of amides is 2. The molecule has 1 atom stereocenters. The molecule has 0 bridgehead atoms. The molecule has 39 heavy (non-hydrogen) atoms. The van der Waals surface area contributed by atoms with Crippen LogP contribution in [0, 0.1) is 6.92 Å². The van der Waals surface area contributed by atoms with Crippen LogP contribution in [0.4, 0.5) is 17.1 Å². The number of para-hydroxylation sites is 1. The van der Waals surface area contributed by atoms with E-state index in [0.29, 0.717) is 22.6 Å². The minimum atomic E-state index is -0.599. The molecule has 0 heterocycles. The molecule has 4 aromatic rings. The summed E-state index contributed by atoms with van der Waals surface area (Å²) in [7, 11) is 0. The lowest BCUT2D eigenvalue weighted by Crippen LogP contribution is -2.40. The van der Waals surface area contributed by atoms with Gasteiger partial charge in [-0.2, -0.15) is 10.2 Å². The molecule has 4 aromatic carbocycles. The predicted molar refractivity (Wildman–Crippen MR) is 157 cm³/mol. The zero-order valence-corrected chi connectivity index (χ0v) is 23.4. The third-order valence-corrected chi connectivity index (χ3v) is 7.16. The quantitative estimate of drug-likeness (QED) is 0.0498. The molecular formula is C29H26BrN5O3S. The van der Waals surface area contributed by atoms with Crippen LogP contribution < -0.4 is 16.2 Å². The monoisotopic (exact) mass is 603 g/mol. The van der Waals surface area contributed by atoms with Crippen molar-refractivity contribution in [2.45, 2.75) is 23.6 Å². The lowest BCUT2D eigenvalue weighted by atomic mass is 10.2. The number of nitrogens with zero attached hydrogens (tertiary/aromatic N) is 2. The molecular weight excluding hydrogens is 578 g/mol. The molecule has 0 aromatic heterocycles. The summed E-state index contributed by atoms with van der Waals surface area (Å²) in [5.74, 6) is -0.940. The van der Waals surface area contributed by atoms with Crippen LogP contribution >= 0.6 is 27.7 Å². The molecule has 198 valence electrons. The number of aryl methyl sites for hydroxylation is 1. The minimum absolute atomic E-state index is 0.0186. The highest BCUT2D eigenvalue weighted by Crippen LogP contribution is 2.38. The van der Waals surface area contributed by atoms with E-state index in [1.54, 1.807) is 18.2 Å². The molecule has 0 radical (unpaired) electrons. The highest BCUT2D eigenvalue weighted by Gasteiger charge is 2.20. The summed E-state index contributed by atoms with van der Waals surface area (Å²) in [5.41, 5.74) is 8.80. The molecule has 0 saturated carbocycles. The number of azo groups is 1. The number of rotatable bonds is 10. The van der Waals surface area contributed by atoms with E-state index in [-0.39, 0.29) is 12.2 Å². The molecule has 2 amide bonds. The maximum atomic E-state index is 12.6. The van der Waals surface area contributed by atoms with Crippen molar-refractivity contribution >= 4 is 56.6 Å². The summed E-state index contributed by atoms with van der Waals surface area (Å²) in [4.78, 5) is 25.9. The number of halogens is 1. The van der Waals surface area contributed by atoms with Gasteiger partial charge in [-0.25, -0.2) is 5.43 Å². The lowest BCUT2D eigenvalue weighted by Gasteiger charge is -2.20. The Morgan fingerprint density at radius 1 is 0.872 bits per heavy atom. The number of benzene rings is 4. The van der Waals surface area contributed by atoms with Gasteiger partial charge in [0.2, 0.25) is 11.8 Å². The van der Waals surface area contributed by atoms with Gasteiger partial charge in [-0.3, -0.25) is 15.0 Å². The first-order chi connectivity index (χ1) is 18.9. The fourth-order valence-electron chi connectivity index (χ4n) is 3.49. The summed E-state index contributed by atoms with van der Waals surface area (Å²) >= 11 is 4.78. The van der Waals surface area contributed by atoms with E-state index in [1.165, 1.54) is 17.8 Å². The van der Waals surface area contributed by atoms with Crippen molar-refractivity contribution in [2.24, 2.45) is 10.2 Å². The van der Waals surface area contributed by atoms with Crippen LogP contribution in [0.1, 0.15) is 22.9 Å². The summed E-state index contributed by atoms with van der Waals surface area (Å²) in [6.07, 6.45) is -0.377. The SMILES string of the molecule is Cc1ccccc1NC(=O)CC(=O)NN[C@@H](Sc1ccccc1)c1cc(N=Nc2ccc(Br)cc2)ccc1O. The maximum absolute atomic E-state index is 12.6. The average molecular weight is 605 g/mol. The van der Waals surface area contributed by atoms with E-state index < -0.39 is 17.2 Å². The molecule has 0 aliphatic heterocycles. The highest BCUT2D eigenvalue weighted by molar-refractivity contribution is 9.10. The van der Waals surface area contributed by atoms with Gasteiger partial charge >= 0.3 is 0 Å². The van der Waals surface area contributed by atoms with E-state index >= 15 is 0 Å². The van der Waals surface area contributed by atoms with Crippen molar-refractivity contribution in [1.29, 1.82) is 0 Å². The molecule has 4 N–H and O–H groups in total. The second kappa shape index (κ2) is 13.7. The summed E-state index contributed by atoms with van der Waals surface area (Å²) in [5, 5.41) is 21.4. The van der Waals surface area contributed by atoms with Crippen molar-refractivity contribution in [3.8, 4) is 5.75 Å². The smallest absolute Gasteiger partial charge is 0.243 e. The largest absolute Gasteiger partial charge is 0.508 e. The number of hydrazine groups is 1. The molecule has 4 rings (SSSR count). The number of nitrogens with one attached hydrogen (secondary N) is 3. The predicted octanol–water partition coefficient (Wildman–Crippen LogP) is 7.32. The van der Waals surface area contributed by atoms with Crippen molar-refractivity contribution in [3.05, 3.63) is 113 Å². The Bertz CT molecular complexity index is 1470. The summed E-state index contributed by atoms with van der Waals surface area (Å²) < 4.78 is 0.940. The summed E-state index contributed by atoms with van der Waals surface area (Å²) in [6.45, 7) is 1.88. The second-order valence-corrected chi connectivity index (χ2v) is 10.6. The van der Waals surface area contributed by atoms with Crippen LogP contribution in [0.5, 0.6) is 5.75 Å². The van der Waals surface area contributed by atoms with Gasteiger partial charge in [0.15, 0.2) is 0 Å². The number of carbonyl (C=O) groups is 2. The lowest BCUT2D eigenvalue weighted by molar-refractivity contribution is -0.127. The standard InChI is InChI=1S/C29H26BrN5O3S/c1-19-7-5-6-10-25(19)31-27(37)18-28(38)34-35-29(39-23-8-3-2-4-9-23)24-17-22(15-16-26(24)36)33-32-21-13-11-20(30)12-14-21/h2-17,29,35-36H,18H2,1H3,(H,31,37)(H,34,38)/t29-/m0/s1. The van der Waals surface area contributed by atoms with Crippen LogP contribution in [-0.2, 0) is 9.59 Å². The Morgan fingerprint density at radius 3 is 2.28 bits per heavy atom. The topological polar surface area (TPSA) is 115 Å². The molecule has 0 fully saturated rings. The van der Waals surface area contributed by atoms with Gasteiger partial charge in [0.1, 0.15) is 17.5 Å². The van der Waals surface area contributed by atoms with Crippen LogP contribution in [0.2, 0.25) is 0 Å². The second-order valence-electron chi connectivity index (χ2n) is 8.46. The van der Waals surface area contributed by atoms with Crippen LogP contribution in [0.15, 0.2) is 117 Å². The van der Waals surface area contributed by atoms with Gasteiger partial charge in [-0.1, -0.05) is 52.3 Å². The van der Waals surface area contributed by atoms with Gasteiger partial charge in [-0.05, 0) is 73.2 Å². The first-order valence-corrected chi connectivity index (χ1v) is 13.7. The van der Waals surface area contributed by atoms with Gasteiger partial charge < -0.3 is 10.4 Å². The Balaban J connectivity index is 1.48. The van der Waals surface area contributed by atoms with E-state index in [1.807, 2.05) is 79.7 Å². The van der Waals surface area contributed by atoms with Gasteiger partial charge in [0.25, 0.3) is 0 Å².